The predicted octanol–water partition coefficient (Wildman–Crippen LogP) is 2.35. The Balaban J connectivity index is 2.80. The van der Waals surface area contributed by atoms with Gasteiger partial charge in [-0.05, 0) is 25.1 Å². The lowest BCUT2D eigenvalue weighted by atomic mass is 10.2. The molecule has 0 fully saturated rings. The zero-order chi connectivity index (χ0) is 11.8. The predicted molar refractivity (Wildman–Crippen MR) is 63.3 cm³/mol. The third-order valence-corrected chi connectivity index (χ3v) is 1.93. The van der Waals surface area contributed by atoms with Gasteiger partial charge in [-0.25, -0.2) is 4.39 Å². The van der Waals surface area contributed by atoms with Crippen molar-refractivity contribution in [3.63, 3.8) is 0 Å². The van der Waals surface area contributed by atoms with Crippen molar-refractivity contribution in [3.05, 3.63) is 35.6 Å². The number of benzene rings is 1. The lowest BCUT2D eigenvalue weighted by Crippen LogP contribution is -2.16. The van der Waals surface area contributed by atoms with Crippen LogP contribution in [0.2, 0.25) is 0 Å². The summed E-state index contributed by atoms with van der Waals surface area (Å²) in [6, 6.07) is 6.09. The second-order valence-corrected chi connectivity index (χ2v) is 3.34. The number of ether oxygens (including phenoxy) is 1. The molecule has 0 aliphatic rings. The van der Waals surface area contributed by atoms with E-state index < -0.39 is 0 Å². The van der Waals surface area contributed by atoms with Crippen LogP contribution in [-0.2, 0) is 4.74 Å². The maximum atomic E-state index is 13.0. The molecule has 0 amide bonds. The molecular weight excluding hydrogens is 231 g/mol. The van der Waals surface area contributed by atoms with Gasteiger partial charge in [0.05, 0.1) is 6.61 Å². The van der Waals surface area contributed by atoms with E-state index in [1.165, 1.54) is 12.1 Å². The third kappa shape index (κ3) is 4.06. The second-order valence-electron chi connectivity index (χ2n) is 2.96. The van der Waals surface area contributed by atoms with Gasteiger partial charge in [-0.2, -0.15) is 0 Å². The molecule has 0 atom stereocenters. The lowest BCUT2D eigenvalue weighted by Gasteiger charge is -2.07. The molecule has 0 radical (unpaired) electrons. The van der Waals surface area contributed by atoms with Crippen LogP contribution in [0.1, 0.15) is 12.5 Å². The molecule has 0 saturated heterocycles. The van der Waals surface area contributed by atoms with E-state index in [9.17, 15) is 4.39 Å². The van der Waals surface area contributed by atoms with Crippen molar-refractivity contribution in [1.82, 2.24) is 5.43 Å². The average Bonchev–Trinajstić information content (AvgIpc) is 2.28. The fraction of sp³-hybridized carbons (Fsp3) is 0.364. The summed E-state index contributed by atoms with van der Waals surface area (Å²) in [5, 5.41) is 4.01. The smallest absolute Gasteiger partial charge is 0.238 e. The SMILES string of the molecule is CCO/C(=N\NCCCl)c1cccc(F)c1. The summed E-state index contributed by atoms with van der Waals surface area (Å²) < 4.78 is 18.3. The molecule has 16 heavy (non-hydrogen) atoms. The standard InChI is InChI=1S/C11H14ClFN2O/c1-2-16-11(15-14-7-6-12)9-4-3-5-10(13)8-9/h3-5,8,14H,2,6-7H2,1H3/b15-11-. The summed E-state index contributed by atoms with van der Waals surface area (Å²) in [5.41, 5.74) is 3.35. The van der Waals surface area contributed by atoms with Gasteiger partial charge >= 0.3 is 0 Å². The van der Waals surface area contributed by atoms with Crippen LogP contribution in [0, 0.1) is 5.82 Å². The monoisotopic (exact) mass is 244 g/mol. The van der Waals surface area contributed by atoms with Crippen LogP contribution in [0.3, 0.4) is 0 Å². The summed E-state index contributed by atoms with van der Waals surface area (Å²) >= 11 is 5.50. The number of nitrogens with one attached hydrogen (secondary N) is 1. The van der Waals surface area contributed by atoms with Gasteiger partial charge in [0, 0.05) is 18.0 Å². The fourth-order valence-electron chi connectivity index (χ4n) is 1.11. The molecule has 0 saturated carbocycles. The number of alkyl halides is 1. The lowest BCUT2D eigenvalue weighted by molar-refractivity contribution is 0.324. The van der Waals surface area contributed by atoms with Crippen molar-refractivity contribution < 1.29 is 9.13 Å². The molecular formula is C11H14ClFN2O. The van der Waals surface area contributed by atoms with E-state index in [4.69, 9.17) is 16.3 Å². The van der Waals surface area contributed by atoms with Gasteiger partial charge in [0.2, 0.25) is 5.90 Å². The van der Waals surface area contributed by atoms with E-state index >= 15 is 0 Å². The molecule has 0 unspecified atom stereocenters. The van der Waals surface area contributed by atoms with Gasteiger partial charge in [-0.15, -0.1) is 16.7 Å². The summed E-state index contributed by atoms with van der Waals surface area (Å²) in [5.74, 6) is 0.501. The molecule has 1 N–H and O–H groups in total. The molecule has 0 aromatic heterocycles. The minimum absolute atomic E-state index is 0.317. The third-order valence-electron chi connectivity index (χ3n) is 1.74. The number of nitrogens with zero attached hydrogens (tertiary/aromatic N) is 1. The molecule has 0 bridgehead atoms. The van der Waals surface area contributed by atoms with Crippen molar-refractivity contribution in [2.75, 3.05) is 19.0 Å². The Morgan fingerprint density at radius 1 is 1.56 bits per heavy atom. The minimum Gasteiger partial charge on any atom is -0.477 e. The largest absolute Gasteiger partial charge is 0.477 e. The summed E-state index contributed by atoms with van der Waals surface area (Å²) in [6.07, 6.45) is 0. The van der Waals surface area contributed by atoms with Crippen LogP contribution in [-0.4, -0.2) is 24.9 Å². The Bertz CT molecular complexity index is 358. The van der Waals surface area contributed by atoms with E-state index in [1.54, 1.807) is 12.1 Å². The van der Waals surface area contributed by atoms with Crippen molar-refractivity contribution in [2.24, 2.45) is 5.10 Å². The average molecular weight is 245 g/mol. The maximum absolute atomic E-state index is 13.0. The molecule has 1 aromatic carbocycles. The van der Waals surface area contributed by atoms with Crippen LogP contribution in [0.15, 0.2) is 29.4 Å². The van der Waals surface area contributed by atoms with E-state index in [1.807, 2.05) is 6.92 Å². The summed E-state index contributed by atoms with van der Waals surface area (Å²) in [7, 11) is 0. The first-order valence-electron chi connectivity index (χ1n) is 5.03. The molecule has 88 valence electrons. The van der Waals surface area contributed by atoms with Crippen LogP contribution < -0.4 is 5.43 Å². The topological polar surface area (TPSA) is 33.6 Å². The summed E-state index contributed by atoms with van der Waals surface area (Å²) in [6.45, 7) is 2.85. The highest BCUT2D eigenvalue weighted by molar-refractivity contribution is 6.18. The first-order chi connectivity index (χ1) is 7.77. The Morgan fingerprint density at radius 3 is 3.00 bits per heavy atom. The Hall–Kier alpha value is -1.29. The Morgan fingerprint density at radius 2 is 2.38 bits per heavy atom. The summed E-state index contributed by atoms with van der Waals surface area (Å²) in [4.78, 5) is 0. The second kappa shape index (κ2) is 7.06. The molecule has 0 spiro atoms. The van der Waals surface area contributed by atoms with Gasteiger partial charge in [0.1, 0.15) is 5.82 Å². The van der Waals surface area contributed by atoms with Crippen molar-refractivity contribution in [2.45, 2.75) is 6.92 Å². The van der Waals surface area contributed by atoms with E-state index in [0.717, 1.165) is 0 Å². The molecule has 0 heterocycles. The molecule has 5 heteroatoms. The maximum Gasteiger partial charge on any atom is 0.238 e. The number of hydrogen-bond donors (Lipinski definition) is 1. The Labute approximate surface area is 99.3 Å². The van der Waals surface area contributed by atoms with Gasteiger partial charge in [-0.3, -0.25) is 0 Å². The number of hydrogen-bond acceptors (Lipinski definition) is 3. The van der Waals surface area contributed by atoms with E-state index in [0.29, 0.717) is 30.5 Å². The van der Waals surface area contributed by atoms with Crippen molar-refractivity contribution in [3.8, 4) is 0 Å². The fourth-order valence-corrected chi connectivity index (χ4v) is 1.19. The highest BCUT2D eigenvalue weighted by Crippen LogP contribution is 2.06. The van der Waals surface area contributed by atoms with Crippen molar-refractivity contribution in [1.29, 1.82) is 0 Å². The van der Waals surface area contributed by atoms with E-state index in [-0.39, 0.29) is 5.82 Å². The molecule has 3 nitrogen and oxygen atoms in total. The van der Waals surface area contributed by atoms with Crippen LogP contribution in [0.4, 0.5) is 4.39 Å². The number of hydrazone groups is 1. The van der Waals surface area contributed by atoms with Gasteiger partial charge in [0.25, 0.3) is 0 Å². The normalized spacial score (nSPS) is 11.3. The van der Waals surface area contributed by atoms with Crippen molar-refractivity contribution >= 4 is 17.5 Å². The highest BCUT2D eigenvalue weighted by atomic mass is 35.5. The Kier molecular flexibility index (Phi) is 5.64. The number of halogens is 2. The van der Waals surface area contributed by atoms with Gasteiger partial charge < -0.3 is 10.2 Å². The molecule has 1 aromatic rings. The molecule has 0 aliphatic carbocycles. The molecule has 1 rings (SSSR count). The van der Waals surface area contributed by atoms with Crippen LogP contribution in [0.5, 0.6) is 0 Å². The van der Waals surface area contributed by atoms with E-state index in [2.05, 4.69) is 10.5 Å². The first kappa shape index (κ1) is 12.8. The molecule has 0 aliphatic heterocycles. The minimum atomic E-state index is -0.317. The number of rotatable bonds is 5. The first-order valence-corrected chi connectivity index (χ1v) is 5.56. The zero-order valence-corrected chi connectivity index (χ0v) is 9.80. The van der Waals surface area contributed by atoms with Gasteiger partial charge in [-0.1, -0.05) is 6.07 Å². The van der Waals surface area contributed by atoms with Gasteiger partial charge in [0.15, 0.2) is 0 Å². The quantitative estimate of drug-likeness (QED) is 0.284. The highest BCUT2D eigenvalue weighted by Gasteiger charge is 2.05. The van der Waals surface area contributed by atoms with Crippen LogP contribution >= 0.6 is 11.6 Å². The van der Waals surface area contributed by atoms with Crippen LogP contribution in [0.25, 0.3) is 0 Å². The zero-order valence-electron chi connectivity index (χ0n) is 9.04.